The van der Waals surface area contributed by atoms with E-state index in [1.165, 1.54) is 12.4 Å². The fourth-order valence-electron chi connectivity index (χ4n) is 1.36. The standard InChI is InChI=1S/C10H12N6O2/c1-16-6-13-8(15-16)2-3-12-9-5-11-4-7(14-9)10(17)18/h4-6H,2-3H2,1H3,(H,12,14)(H,17,18). The number of aryl methyl sites for hydroxylation is 1. The Balaban J connectivity index is 1.90. The minimum absolute atomic E-state index is 0.0871. The summed E-state index contributed by atoms with van der Waals surface area (Å²) in [5.74, 6) is 0.0377. The number of nitrogens with one attached hydrogen (secondary N) is 1. The molecule has 0 amide bonds. The van der Waals surface area contributed by atoms with Crippen molar-refractivity contribution < 1.29 is 9.90 Å². The maximum absolute atomic E-state index is 10.7. The molecule has 8 nitrogen and oxygen atoms in total. The molecule has 2 heterocycles. The van der Waals surface area contributed by atoms with E-state index in [9.17, 15) is 4.79 Å². The number of rotatable bonds is 5. The zero-order chi connectivity index (χ0) is 13.0. The van der Waals surface area contributed by atoms with Gasteiger partial charge in [0.1, 0.15) is 12.1 Å². The molecule has 0 unspecified atom stereocenters. The van der Waals surface area contributed by atoms with E-state index >= 15 is 0 Å². The van der Waals surface area contributed by atoms with Crippen LogP contribution in [-0.4, -0.2) is 42.4 Å². The van der Waals surface area contributed by atoms with Crippen molar-refractivity contribution in [2.45, 2.75) is 6.42 Å². The molecule has 2 N–H and O–H groups in total. The first-order valence-electron chi connectivity index (χ1n) is 5.29. The van der Waals surface area contributed by atoms with Crippen LogP contribution in [0.3, 0.4) is 0 Å². The summed E-state index contributed by atoms with van der Waals surface area (Å²) in [7, 11) is 1.80. The Bertz CT molecular complexity index is 553. The normalized spacial score (nSPS) is 10.3. The van der Waals surface area contributed by atoms with Crippen LogP contribution in [0.2, 0.25) is 0 Å². The zero-order valence-corrected chi connectivity index (χ0v) is 9.74. The van der Waals surface area contributed by atoms with E-state index in [1.807, 2.05) is 0 Å². The van der Waals surface area contributed by atoms with Gasteiger partial charge in [0.05, 0.1) is 12.4 Å². The van der Waals surface area contributed by atoms with Crippen molar-refractivity contribution in [1.82, 2.24) is 24.7 Å². The lowest BCUT2D eigenvalue weighted by atomic mass is 10.4. The lowest BCUT2D eigenvalue weighted by Crippen LogP contribution is -2.10. The summed E-state index contributed by atoms with van der Waals surface area (Å²) in [5, 5.41) is 15.9. The highest BCUT2D eigenvalue weighted by Crippen LogP contribution is 2.02. The molecule has 0 fully saturated rings. The van der Waals surface area contributed by atoms with Gasteiger partial charge >= 0.3 is 5.97 Å². The van der Waals surface area contributed by atoms with Gasteiger partial charge in [0.25, 0.3) is 0 Å². The molecule has 8 heteroatoms. The van der Waals surface area contributed by atoms with Gasteiger partial charge in [0.2, 0.25) is 0 Å². The summed E-state index contributed by atoms with van der Waals surface area (Å²) >= 11 is 0. The number of anilines is 1. The Hall–Kier alpha value is -2.51. The lowest BCUT2D eigenvalue weighted by molar-refractivity contribution is 0.0690. The molecule has 0 aliphatic heterocycles. The molecule has 0 spiro atoms. The molecule has 94 valence electrons. The maximum atomic E-state index is 10.7. The predicted octanol–water partition coefficient (Wildman–Crippen LogP) is -0.0421. The van der Waals surface area contributed by atoms with Crippen LogP contribution < -0.4 is 5.32 Å². The number of aromatic nitrogens is 5. The largest absolute Gasteiger partial charge is 0.476 e. The van der Waals surface area contributed by atoms with E-state index in [0.29, 0.717) is 24.6 Å². The van der Waals surface area contributed by atoms with E-state index in [-0.39, 0.29) is 5.69 Å². The van der Waals surface area contributed by atoms with Crippen molar-refractivity contribution >= 4 is 11.8 Å². The van der Waals surface area contributed by atoms with Gasteiger partial charge in [0.15, 0.2) is 11.5 Å². The average Bonchev–Trinajstić information content (AvgIpc) is 2.75. The molecule has 0 aliphatic carbocycles. The molecule has 0 bridgehead atoms. The van der Waals surface area contributed by atoms with Crippen LogP contribution in [0.1, 0.15) is 16.3 Å². The predicted molar refractivity (Wildman–Crippen MR) is 62.2 cm³/mol. The van der Waals surface area contributed by atoms with Gasteiger partial charge in [-0.05, 0) is 0 Å². The summed E-state index contributed by atoms with van der Waals surface area (Å²) in [6.07, 6.45) is 4.92. The Labute approximate surface area is 103 Å². The third kappa shape index (κ3) is 3.00. The van der Waals surface area contributed by atoms with E-state index in [1.54, 1.807) is 18.1 Å². The molecular formula is C10H12N6O2. The van der Waals surface area contributed by atoms with Crippen LogP contribution >= 0.6 is 0 Å². The average molecular weight is 248 g/mol. The minimum Gasteiger partial charge on any atom is -0.476 e. The molecule has 2 rings (SSSR count). The van der Waals surface area contributed by atoms with Gasteiger partial charge < -0.3 is 10.4 Å². The first kappa shape index (κ1) is 12.0. The van der Waals surface area contributed by atoms with E-state index < -0.39 is 5.97 Å². The Morgan fingerprint density at radius 2 is 2.33 bits per heavy atom. The third-order valence-electron chi connectivity index (χ3n) is 2.16. The molecule has 0 radical (unpaired) electrons. The smallest absolute Gasteiger partial charge is 0.356 e. The van der Waals surface area contributed by atoms with Crippen LogP contribution in [-0.2, 0) is 13.5 Å². The van der Waals surface area contributed by atoms with Gasteiger partial charge in [-0.2, -0.15) is 5.10 Å². The second kappa shape index (κ2) is 5.21. The fraction of sp³-hybridized carbons (Fsp3) is 0.300. The second-order valence-corrected chi connectivity index (χ2v) is 3.61. The summed E-state index contributed by atoms with van der Waals surface area (Å²) in [6.45, 7) is 0.557. The van der Waals surface area contributed by atoms with Gasteiger partial charge in [0, 0.05) is 20.0 Å². The molecule has 0 atom stereocenters. The summed E-state index contributed by atoms with van der Waals surface area (Å²) < 4.78 is 1.63. The maximum Gasteiger partial charge on any atom is 0.356 e. The Kier molecular flexibility index (Phi) is 3.46. The quantitative estimate of drug-likeness (QED) is 0.764. The molecule has 18 heavy (non-hydrogen) atoms. The van der Waals surface area contributed by atoms with Crippen LogP contribution in [0.25, 0.3) is 0 Å². The minimum atomic E-state index is -1.10. The number of hydrogen-bond acceptors (Lipinski definition) is 6. The third-order valence-corrected chi connectivity index (χ3v) is 2.16. The number of hydrogen-bond donors (Lipinski definition) is 2. The highest BCUT2D eigenvalue weighted by molar-refractivity contribution is 5.85. The van der Waals surface area contributed by atoms with Crippen molar-refractivity contribution in [3.8, 4) is 0 Å². The lowest BCUT2D eigenvalue weighted by Gasteiger charge is -2.03. The van der Waals surface area contributed by atoms with Gasteiger partial charge in [-0.1, -0.05) is 0 Å². The molecule has 0 saturated heterocycles. The van der Waals surface area contributed by atoms with Gasteiger partial charge in [-0.3, -0.25) is 9.67 Å². The topological polar surface area (TPSA) is 106 Å². The van der Waals surface area contributed by atoms with Crippen LogP contribution in [0.4, 0.5) is 5.82 Å². The number of aromatic carboxylic acids is 1. The summed E-state index contributed by atoms with van der Waals surface area (Å²) in [6, 6.07) is 0. The van der Waals surface area contributed by atoms with Crippen molar-refractivity contribution in [2.75, 3.05) is 11.9 Å². The SMILES string of the molecule is Cn1cnc(CCNc2cncc(C(=O)O)n2)n1. The van der Waals surface area contributed by atoms with E-state index in [2.05, 4.69) is 25.4 Å². The first-order chi connectivity index (χ1) is 8.65. The summed E-state index contributed by atoms with van der Waals surface area (Å²) in [5.41, 5.74) is -0.0871. The summed E-state index contributed by atoms with van der Waals surface area (Å²) in [4.78, 5) is 22.5. The van der Waals surface area contributed by atoms with Crippen molar-refractivity contribution in [3.05, 3.63) is 30.2 Å². The molecule has 2 aromatic heterocycles. The highest BCUT2D eigenvalue weighted by atomic mass is 16.4. The van der Waals surface area contributed by atoms with Crippen LogP contribution in [0, 0.1) is 0 Å². The van der Waals surface area contributed by atoms with E-state index in [0.717, 1.165) is 0 Å². The van der Waals surface area contributed by atoms with Gasteiger partial charge in [-0.25, -0.2) is 14.8 Å². The van der Waals surface area contributed by atoms with Crippen molar-refractivity contribution in [3.63, 3.8) is 0 Å². The van der Waals surface area contributed by atoms with Crippen LogP contribution in [0.15, 0.2) is 18.7 Å². The monoisotopic (exact) mass is 248 g/mol. The van der Waals surface area contributed by atoms with E-state index in [4.69, 9.17) is 5.11 Å². The highest BCUT2D eigenvalue weighted by Gasteiger charge is 2.06. The molecule has 0 saturated carbocycles. The van der Waals surface area contributed by atoms with Crippen molar-refractivity contribution in [1.29, 1.82) is 0 Å². The number of carboxylic acid groups (broad SMARTS) is 1. The van der Waals surface area contributed by atoms with Crippen molar-refractivity contribution in [2.24, 2.45) is 7.05 Å². The molecule has 0 aliphatic rings. The Morgan fingerprint density at radius 3 is 3.00 bits per heavy atom. The second-order valence-electron chi connectivity index (χ2n) is 3.61. The first-order valence-corrected chi connectivity index (χ1v) is 5.29. The number of nitrogens with zero attached hydrogens (tertiary/aromatic N) is 5. The molecular weight excluding hydrogens is 236 g/mol. The zero-order valence-electron chi connectivity index (χ0n) is 9.74. The number of carboxylic acids is 1. The fourth-order valence-corrected chi connectivity index (χ4v) is 1.36. The molecule has 0 aromatic carbocycles. The molecule has 2 aromatic rings. The van der Waals surface area contributed by atoms with Crippen LogP contribution in [0.5, 0.6) is 0 Å². The number of carbonyl (C=O) groups is 1. The van der Waals surface area contributed by atoms with Gasteiger partial charge in [-0.15, -0.1) is 0 Å². The Morgan fingerprint density at radius 1 is 1.50 bits per heavy atom.